The number of ether oxygens (including phenoxy) is 2. The van der Waals surface area contributed by atoms with Gasteiger partial charge in [0.25, 0.3) is 0 Å². The first kappa shape index (κ1) is 14.7. The van der Waals surface area contributed by atoms with Crippen LogP contribution in [0.1, 0.15) is 11.1 Å². The predicted octanol–water partition coefficient (Wildman–Crippen LogP) is 4.22. The summed E-state index contributed by atoms with van der Waals surface area (Å²) in [5.41, 5.74) is 3.07. The molecule has 1 heterocycles. The quantitative estimate of drug-likeness (QED) is 0.907. The number of aryl methyl sites for hydroxylation is 2. The van der Waals surface area contributed by atoms with Crippen LogP contribution >= 0.6 is 15.9 Å². The Morgan fingerprint density at radius 2 is 1.65 bits per heavy atom. The molecule has 0 bridgehead atoms. The van der Waals surface area contributed by atoms with Gasteiger partial charge >= 0.3 is 0 Å². The first-order valence-electron chi connectivity index (χ1n) is 6.17. The Morgan fingerprint density at radius 1 is 1.00 bits per heavy atom. The van der Waals surface area contributed by atoms with Crippen LogP contribution in [0, 0.1) is 13.8 Å². The van der Waals surface area contributed by atoms with E-state index in [1.807, 2.05) is 32.0 Å². The fourth-order valence-electron chi connectivity index (χ4n) is 1.91. The van der Waals surface area contributed by atoms with E-state index in [2.05, 4.69) is 26.2 Å². The molecule has 106 valence electrons. The lowest BCUT2D eigenvalue weighted by Crippen LogP contribution is -2.00. The number of methoxy groups -OCH3 is 2. The van der Waals surface area contributed by atoms with Gasteiger partial charge in [-0.15, -0.1) is 0 Å². The zero-order valence-electron chi connectivity index (χ0n) is 12.0. The smallest absolute Gasteiger partial charge is 0.162 e. The largest absolute Gasteiger partial charge is 0.493 e. The fraction of sp³-hybridized carbons (Fsp3) is 0.267. The van der Waals surface area contributed by atoms with E-state index >= 15 is 0 Å². The van der Waals surface area contributed by atoms with E-state index in [0.717, 1.165) is 32.9 Å². The van der Waals surface area contributed by atoms with Gasteiger partial charge in [-0.1, -0.05) is 0 Å². The summed E-state index contributed by atoms with van der Waals surface area (Å²) in [4.78, 5) is 4.38. The summed E-state index contributed by atoms with van der Waals surface area (Å²) < 4.78 is 11.6. The first-order valence-corrected chi connectivity index (χ1v) is 6.96. The van der Waals surface area contributed by atoms with Crippen molar-refractivity contribution in [2.24, 2.45) is 0 Å². The first-order chi connectivity index (χ1) is 9.55. The molecular formula is C15H17BrN2O2. The molecule has 1 aromatic carbocycles. The summed E-state index contributed by atoms with van der Waals surface area (Å²) >= 11 is 3.41. The van der Waals surface area contributed by atoms with Gasteiger partial charge in [-0.3, -0.25) is 0 Å². The molecule has 4 nitrogen and oxygen atoms in total. The average Bonchev–Trinajstić information content (AvgIpc) is 2.43. The molecule has 5 heteroatoms. The van der Waals surface area contributed by atoms with Gasteiger partial charge in [-0.2, -0.15) is 0 Å². The number of nitrogens with zero attached hydrogens (tertiary/aromatic N) is 1. The van der Waals surface area contributed by atoms with Gasteiger partial charge in [0, 0.05) is 22.4 Å². The predicted molar refractivity (Wildman–Crippen MR) is 84.2 cm³/mol. The number of nitrogens with one attached hydrogen (secondary N) is 1. The van der Waals surface area contributed by atoms with Gasteiger partial charge in [0.2, 0.25) is 0 Å². The molecule has 0 unspecified atom stereocenters. The molecule has 2 aromatic rings. The highest BCUT2D eigenvalue weighted by Crippen LogP contribution is 2.34. The van der Waals surface area contributed by atoms with Crippen LogP contribution in [0.15, 0.2) is 28.9 Å². The molecule has 0 aliphatic carbocycles. The summed E-state index contributed by atoms with van der Waals surface area (Å²) in [6.45, 7) is 4.02. The second-order valence-corrected chi connectivity index (χ2v) is 5.38. The second kappa shape index (κ2) is 6.13. The highest BCUT2D eigenvalue weighted by molar-refractivity contribution is 9.10. The van der Waals surface area contributed by atoms with E-state index in [1.165, 1.54) is 0 Å². The minimum atomic E-state index is 0.690. The van der Waals surface area contributed by atoms with Gasteiger partial charge in [-0.25, -0.2) is 4.98 Å². The molecule has 0 saturated heterocycles. The molecule has 0 radical (unpaired) electrons. The van der Waals surface area contributed by atoms with Crippen LogP contribution in [0.2, 0.25) is 0 Å². The van der Waals surface area contributed by atoms with E-state index in [1.54, 1.807) is 20.4 Å². The van der Waals surface area contributed by atoms with Gasteiger partial charge in [0.1, 0.15) is 5.82 Å². The molecule has 0 aliphatic heterocycles. The van der Waals surface area contributed by atoms with Crippen molar-refractivity contribution in [3.05, 3.63) is 40.0 Å². The standard InChI is InChI=1S/C15H17BrN2O2/c1-9-6-13(19-3)14(20-4)7-12(9)18-15-10(2)5-11(16)8-17-15/h5-8H,1-4H3,(H,17,18). The molecule has 0 saturated carbocycles. The Hall–Kier alpha value is -1.75. The molecule has 2 rings (SSSR count). The van der Waals surface area contributed by atoms with Crippen molar-refractivity contribution < 1.29 is 9.47 Å². The van der Waals surface area contributed by atoms with Crippen molar-refractivity contribution in [2.75, 3.05) is 19.5 Å². The summed E-state index contributed by atoms with van der Waals surface area (Å²) in [6.07, 6.45) is 1.77. The minimum Gasteiger partial charge on any atom is -0.493 e. The van der Waals surface area contributed by atoms with Gasteiger partial charge in [0.15, 0.2) is 11.5 Å². The Labute approximate surface area is 127 Å². The maximum atomic E-state index is 5.33. The molecule has 20 heavy (non-hydrogen) atoms. The summed E-state index contributed by atoms with van der Waals surface area (Å²) in [5.74, 6) is 2.23. The lowest BCUT2D eigenvalue weighted by molar-refractivity contribution is 0.355. The summed E-state index contributed by atoms with van der Waals surface area (Å²) in [6, 6.07) is 5.87. The lowest BCUT2D eigenvalue weighted by Gasteiger charge is -2.15. The van der Waals surface area contributed by atoms with Crippen molar-refractivity contribution in [2.45, 2.75) is 13.8 Å². The molecule has 0 aliphatic rings. The molecule has 0 fully saturated rings. The normalized spacial score (nSPS) is 10.2. The number of anilines is 2. The molecule has 1 aromatic heterocycles. The summed E-state index contributed by atoms with van der Waals surface area (Å²) in [7, 11) is 3.25. The minimum absolute atomic E-state index is 0.690. The monoisotopic (exact) mass is 336 g/mol. The highest BCUT2D eigenvalue weighted by atomic mass is 79.9. The third-order valence-corrected chi connectivity index (χ3v) is 3.46. The zero-order valence-corrected chi connectivity index (χ0v) is 13.5. The Balaban J connectivity index is 2.38. The Morgan fingerprint density at radius 3 is 2.25 bits per heavy atom. The van der Waals surface area contributed by atoms with Gasteiger partial charge < -0.3 is 14.8 Å². The van der Waals surface area contributed by atoms with Crippen LogP contribution < -0.4 is 14.8 Å². The highest BCUT2D eigenvalue weighted by Gasteiger charge is 2.10. The number of benzene rings is 1. The van der Waals surface area contributed by atoms with E-state index in [4.69, 9.17) is 9.47 Å². The fourth-order valence-corrected chi connectivity index (χ4v) is 2.36. The summed E-state index contributed by atoms with van der Waals surface area (Å²) in [5, 5.41) is 3.33. The van der Waals surface area contributed by atoms with E-state index in [-0.39, 0.29) is 0 Å². The van der Waals surface area contributed by atoms with Crippen molar-refractivity contribution in [1.29, 1.82) is 0 Å². The molecular weight excluding hydrogens is 320 g/mol. The topological polar surface area (TPSA) is 43.4 Å². The van der Waals surface area contributed by atoms with Gasteiger partial charge in [0.05, 0.1) is 14.2 Å². The van der Waals surface area contributed by atoms with E-state index in [9.17, 15) is 0 Å². The SMILES string of the molecule is COc1cc(C)c(Nc2ncc(Br)cc2C)cc1OC. The number of halogens is 1. The van der Waals surface area contributed by atoms with Crippen molar-refractivity contribution >= 4 is 27.4 Å². The zero-order chi connectivity index (χ0) is 14.7. The third-order valence-electron chi connectivity index (χ3n) is 3.03. The van der Waals surface area contributed by atoms with E-state index < -0.39 is 0 Å². The second-order valence-electron chi connectivity index (χ2n) is 4.47. The Kier molecular flexibility index (Phi) is 4.49. The van der Waals surface area contributed by atoms with Crippen molar-refractivity contribution in [3.8, 4) is 11.5 Å². The van der Waals surface area contributed by atoms with Gasteiger partial charge in [-0.05, 0) is 53.0 Å². The number of pyridine rings is 1. The van der Waals surface area contributed by atoms with Crippen molar-refractivity contribution in [3.63, 3.8) is 0 Å². The van der Waals surface area contributed by atoms with Crippen LogP contribution in [-0.2, 0) is 0 Å². The van der Waals surface area contributed by atoms with Crippen LogP contribution in [0.4, 0.5) is 11.5 Å². The maximum Gasteiger partial charge on any atom is 0.162 e. The van der Waals surface area contributed by atoms with Crippen LogP contribution in [0.25, 0.3) is 0 Å². The molecule has 0 spiro atoms. The van der Waals surface area contributed by atoms with Crippen LogP contribution in [-0.4, -0.2) is 19.2 Å². The number of hydrogen-bond donors (Lipinski definition) is 1. The van der Waals surface area contributed by atoms with Crippen LogP contribution in [0.5, 0.6) is 11.5 Å². The number of hydrogen-bond acceptors (Lipinski definition) is 4. The van der Waals surface area contributed by atoms with Crippen molar-refractivity contribution in [1.82, 2.24) is 4.98 Å². The molecule has 0 atom stereocenters. The van der Waals surface area contributed by atoms with E-state index in [0.29, 0.717) is 5.75 Å². The Bertz CT molecular complexity index is 630. The number of aromatic nitrogens is 1. The average molecular weight is 337 g/mol. The molecule has 0 amide bonds. The third kappa shape index (κ3) is 3.04. The molecule has 1 N–H and O–H groups in total. The number of rotatable bonds is 4. The van der Waals surface area contributed by atoms with Crippen LogP contribution in [0.3, 0.4) is 0 Å². The maximum absolute atomic E-state index is 5.33. The lowest BCUT2D eigenvalue weighted by atomic mass is 10.1.